The zero-order chi connectivity index (χ0) is 25.2. The quantitative estimate of drug-likeness (QED) is 0.106. The summed E-state index contributed by atoms with van der Waals surface area (Å²) in [4.78, 5) is 5.30. The molecule has 0 spiro atoms. The molecule has 1 aliphatic rings. The van der Waals surface area contributed by atoms with Crippen molar-refractivity contribution in [3.05, 3.63) is 12.4 Å². The lowest BCUT2D eigenvalue weighted by molar-refractivity contribution is 0.138. The monoisotopic (exact) mass is 491 g/mol. The molecule has 2 nitrogen and oxygen atoms in total. The van der Waals surface area contributed by atoms with E-state index in [0.717, 1.165) is 0 Å². The SMILES string of the molecule is CCCCCCCCCCCCCCCCN1C=CN(CCCCCCCCCCC)C1CCC. The van der Waals surface area contributed by atoms with Gasteiger partial charge >= 0.3 is 0 Å². The van der Waals surface area contributed by atoms with Gasteiger partial charge in [0.1, 0.15) is 6.17 Å². The Morgan fingerprint density at radius 1 is 0.371 bits per heavy atom. The van der Waals surface area contributed by atoms with E-state index in [1.807, 2.05) is 0 Å². The first kappa shape index (κ1) is 32.4. The molecule has 0 fully saturated rings. The Kier molecular flexibility index (Phi) is 23.1. The Morgan fingerprint density at radius 3 is 0.943 bits per heavy atom. The molecular weight excluding hydrogens is 424 g/mol. The van der Waals surface area contributed by atoms with Gasteiger partial charge in [-0.25, -0.2) is 0 Å². The lowest BCUT2D eigenvalue weighted by Gasteiger charge is -2.33. The predicted molar refractivity (Wildman–Crippen MR) is 159 cm³/mol. The van der Waals surface area contributed by atoms with Crippen molar-refractivity contribution in [3.8, 4) is 0 Å². The molecule has 0 saturated carbocycles. The average Bonchev–Trinajstić information content (AvgIpc) is 3.24. The maximum absolute atomic E-state index is 2.65. The molecule has 1 rings (SSSR count). The molecule has 0 bridgehead atoms. The van der Waals surface area contributed by atoms with E-state index in [4.69, 9.17) is 0 Å². The maximum atomic E-state index is 2.65. The molecule has 0 aromatic rings. The molecule has 35 heavy (non-hydrogen) atoms. The first-order valence-corrected chi connectivity index (χ1v) is 16.5. The number of nitrogens with zero attached hydrogens (tertiary/aromatic N) is 2. The summed E-state index contributed by atoms with van der Waals surface area (Å²) in [7, 11) is 0. The smallest absolute Gasteiger partial charge is 0.101 e. The van der Waals surface area contributed by atoms with Crippen molar-refractivity contribution < 1.29 is 0 Å². The Bertz CT molecular complexity index is 446. The van der Waals surface area contributed by atoms with Crippen LogP contribution in [-0.4, -0.2) is 29.1 Å². The minimum Gasteiger partial charge on any atom is -0.356 e. The molecule has 0 saturated heterocycles. The molecule has 1 heterocycles. The average molecular weight is 491 g/mol. The lowest BCUT2D eigenvalue weighted by atomic mass is 10.0. The highest BCUT2D eigenvalue weighted by molar-refractivity contribution is 4.96. The molecule has 1 atom stereocenters. The molecule has 208 valence electrons. The largest absolute Gasteiger partial charge is 0.356 e. The second-order valence-corrected chi connectivity index (χ2v) is 11.5. The van der Waals surface area contributed by atoms with Crippen LogP contribution in [0.2, 0.25) is 0 Å². The fourth-order valence-electron chi connectivity index (χ4n) is 5.69. The summed E-state index contributed by atoms with van der Waals surface area (Å²) >= 11 is 0. The third kappa shape index (κ3) is 18.3. The van der Waals surface area contributed by atoms with Crippen molar-refractivity contribution >= 4 is 0 Å². The summed E-state index contributed by atoms with van der Waals surface area (Å²) < 4.78 is 0. The standard InChI is InChI=1S/C33H66N2/c1-4-7-9-11-13-15-16-17-18-19-21-23-25-27-30-35-32-31-34(33(35)28-6-3)29-26-24-22-20-14-12-10-8-5-2/h31-33H,4-30H2,1-3H3. The topological polar surface area (TPSA) is 6.48 Å². The van der Waals surface area contributed by atoms with Crippen molar-refractivity contribution in [1.29, 1.82) is 0 Å². The molecule has 0 aromatic heterocycles. The van der Waals surface area contributed by atoms with E-state index in [2.05, 4.69) is 43.0 Å². The van der Waals surface area contributed by atoms with E-state index in [-0.39, 0.29) is 0 Å². The van der Waals surface area contributed by atoms with Gasteiger partial charge in [0.05, 0.1) is 0 Å². The van der Waals surface area contributed by atoms with E-state index >= 15 is 0 Å². The zero-order valence-electron chi connectivity index (χ0n) is 24.7. The van der Waals surface area contributed by atoms with E-state index in [1.165, 1.54) is 174 Å². The highest BCUT2D eigenvalue weighted by Crippen LogP contribution is 2.22. The molecule has 1 aliphatic heterocycles. The summed E-state index contributed by atoms with van der Waals surface area (Å²) in [6.45, 7) is 9.47. The second-order valence-electron chi connectivity index (χ2n) is 11.5. The van der Waals surface area contributed by atoms with Crippen LogP contribution in [0.4, 0.5) is 0 Å². The normalized spacial score (nSPS) is 15.6. The molecule has 2 heteroatoms. The summed E-state index contributed by atoms with van der Waals surface area (Å²) in [5, 5.41) is 0. The highest BCUT2D eigenvalue weighted by Gasteiger charge is 2.24. The molecule has 0 aromatic carbocycles. The molecule has 0 amide bonds. The van der Waals surface area contributed by atoms with E-state index in [0.29, 0.717) is 6.17 Å². The van der Waals surface area contributed by atoms with Crippen LogP contribution in [0, 0.1) is 0 Å². The van der Waals surface area contributed by atoms with Crippen LogP contribution in [0.25, 0.3) is 0 Å². The van der Waals surface area contributed by atoms with Gasteiger partial charge in [0, 0.05) is 25.5 Å². The maximum Gasteiger partial charge on any atom is 0.101 e. The van der Waals surface area contributed by atoms with E-state index in [9.17, 15) is 0 Å². The summed E-state index contributed by atoms with van der Waals surface area (Å²) in [6, 6.07) is 0. The number of unbranched alkanes of at least 4 members (excludes halogenated alkanes) is 21. The molecule has 0 N–H and O–H groups in total. The van der Waals surface area contributed by atoms with Crippen LogP contribution < -0.4 is 0 Å². The summed E-state index contributed by atoms with van der Waals surface area (Å²) in [6.07, 6.45) is 41.1. The minimum atomic E-state index is 0.635. The Morgan fingerprint density at radius 2 is 0.657 bits per heavy atom. The fraction of sp³-hybridized carbons (Fsp3) is 0.939. The first-order valence-electron chi connectivity index (χ1n) is 16.5. The van der Waals surface area contributed by atoms with Gasteiger partial charge in [-0.15, -0.1) is 0 Å². The summed E-state index contributed by atoms with van der Waals surface area (Å²) in [5.41, 5.74) is 0. The first-order chi connectivity index (χ1) is 17.3. The second kappa shape index (κ2) is 25.0. The Labute approximate surface area is 222 Å². The van der Waals surface area contributed by atoms with Crippen molar-refractivity contribution in [2.75, 3.05) is 13.1 Å². The third-order valence-corrected chi connectivity index (χ3v) is 8.05. The number of hydrogen-bond donors (Lipinski definition) is 0. The van der Waals surface area contributed by atoms with Gasteiger partial charge in [-0.05, 0) is 19.3 Å². The van der Waals surface area contributed by atoms with Gasteiger partial charge in [0.15, 0.2) is 0 Å². The summed E-state index contributed by atoms with van der Waals surface area (Å²) in [5.74, 6) is 0. The molecule has 0 radical (unpaired) electrons. The number of rotatable bonds is 27. The van der Waals surface area contributed by atoms with E-state index < -0.39 is 0 Å². The molecular formula is C33H66N2. The van der Waals surface area contributed by atoms with Gasteiger partial charge in [-0.1, -0.05) is 162 Å². The van der Waals surface area contributed by atoms with Crippen LogP contribution in [0.15, 0.2) is 12.4 Å². The van der Waals surface area contributed by atoms with Crippen LogP contribution in [0.5, 0.6) is 0 Å². The van der Waals surface area contributed by atoms with Gasteiger partial charge in [0.25, 0.3) is 0 Å². The van der Waals surface area contributed by atoms with Crippen LogP contribution in [0.1, 0.15) is 181 Å². The predicted octanol–water partition coefficient (Wildman–Crippen LogP) is 11.2. The van der Waals surface area contributed by atoms with Crippen molar-refractivity contribution in [1.82, 2.24) is 9.80 Å². The third-order valence-electron chi connectivity index (χ3n) is 8.05. The van der Waals surface area contributed by atoms with Crippen molar-refractivity contribution in [2.24, 2.45) is 0 Å². The minimum absolute atomic E-state index is 0.635. The molecule has 0 aliphatic carbocycles. The zero-order valence-corrected chi connectivity index (χ0v) is 24.7. The van der Waals surface area contributed by atoms with Crippen LogP contribution in [-0.2, 0) is 0 Å². The molecule has 1 unspecified atom stereocenters. The van der Waals surface area contributed by atoms with Gasteiger partial charge in [0.2, 0.25) is 0 Å². The fourth-order valence-corrected chi connectivity index (χ4v) is 5.69. The number of hydrogen-bond acceptors (Lipinski definition) is 2. The van der Waals surface area contributed by atoms with Crippen LogP contribution in [0.3, 0.4) is 0 Å². The Balaban J connectivity index is 1.98. The lowest BCUT2D eigenvalue weighted by Crippen LogP contribution is -2.39. The van der Waals surface area contributed by atoms with Crippen molar-refractivity contribution in [2.45, 2.75) is 187 Å². The highest BCUT2D eigenvalue weighted by atomic mass is 15.4. The van der Waals surface area contributed by atoms with Gasteiger partial charge in [-0.2, -0.15) is 0 Å². The van der Waals surface area contributed by atoms with Crippen molar-refractivity contribution in [3.63, 3.8) is 0 Å². The van der Waals surface area contributed by atoms with E-state index in [1.54, 1.807) is 0 Å². The van der Waals surface area contributed by atoms with Gasteiger partial charge < -0.3 is 9.80 Å². The van der Waals surface area contributed by atoms with Crippen LogP contribution >= 0.6 is 0 Å². The van der Waals surface area contributed by atoms with Gasteiger partial charge in [-0.3, -0.25) is 0 Å². The Hall–Kier alpha value is -0.660.